The molecule has 0 aliphatic rings. The maximum Gasteiger partial charge on any atom is 0.325 e. The van der Waals surface area contributed by atoms with Crippen LogP contribution in [-0.4, -0.2) is 17.8 Å². The maximum atomic E-state index is 16.3. The lowest BCUT2D eigenvalue weighted by Gasteiger charge is -2.42. The first-order valence-corrected chi connectivity index (χ1v) is 22.8. The third-order valence-electron chi connectivity index (χ3n) is 12.1. The summed E-state index contributed by atoms with van der Waals surface area (Å²) in [5, 5.41) is 4.12. The fourth-order valence-corrected chi connectivity index (χ4v) is 10.7. The van der Waals surface area contributed by atoms with Crippen molar-refractivity contribution in [1.82, 2.24) is 5.32 Å². The molecule has 1 unspecified atom stereocenters. The summed E-state index contributed by atoms with van der Waals surface area (Å²) in [5.74, 6) is -0.0699. The highest BCUT2D eigenvalue weighted by Crippen LogP contribution is 2.50. The van der Waals surface area contributed by atoms with E-state index in [4.69, 9.17) is 4.74 Å². The van der Waals surface area contributed by atoms with Crippen molar-refractivity contribution in [2.75, 3.05) is 5.75 Å². The quantitative estimate of drug-likeness (QED) is 0.0777. The third-order valence-corrected chi connectivity index (χ3v) is 13.7. The van der Waals surface area contributed by atoms with Gasteiger partial charge in [-0.05, 0) is 33.4 Å². The highest BCUT2D eigenvalue weighted by Gasteiger charge is 2.47. The molecule has 9 aromatic rings. The number of ether oxygens (including phenoxy) is 1. The molecule has 64 heavy (non-hydrogen) atoms. The Bertz CT molecular complexity index is 2520. The van der Waals surface area contributed by atoms with Crippen LogP contribution in [0.4, 0.5) is 0 Å². The molecule has 0 radical (unpaired) electrons. The number of esters is 1. The monoisotopic (exact) mass is 847 g/mol. The van der Waals surface area contributed by atoms with Gasteiger partial charge in [0, 0.05) is 22.4 Å². The minimum absolute atomic E-state index is 0.320. The van der Waals surface area contributed by atoms with Crippen molar-refractivity contribution in [1.29, 1.82) is 0 Å². The van der Waals surface area contributed by atoms with Gasteiger partial charge in [0.05, 0.1) is 10.3 Å². The molecule has 0 aliphatic heterocycles. The van der Waals surface area contributed by atoms with Crippen LogP contribution in [0.1, 0.15) is 50.1 Å². The fourth-order valence-electron chi connectivity index (χ4n) is 9.14. The molecular weight excluding hydrogens is 799 g/mol. The van der Waals surface area contributed by atoms with Crippen LogP contribution >= 0.6 is 11.8 Å². The van der Waals surface area contributed by atoms with Gasteiger partial charge in [0.1, 0.15) is 6.04 Å². The zero-order valence-corrected chi connectivity index (χ0v) is 36.3. The standard InChI is InChI=1S/C60H49NO2S/c62-57(63-59(50-34-16-4-17-35-50,51-36-18-5-19-37-51)52-38-20-6-21-39-52)56(61-58(47-28-10-1-11-29-47,48-30-12-2-13-31-48)49-32-14-3-15-33-49)46-64-60(53-40-22-7-23-41-53,54-42-24-8-25-43-54)55-44-26-9-27-45-55/h1-45,56,61H,46H2. The van der Waals surface area contributed by atoms with E-state index in [-0.39, 0.29) is 5.97 Å². The molecule has 0 aliphatic carbocycles. The van der Waals surface area contributed by atoms with Crippen molar-refractivity contribution in [2.45, 2.75) is 21.9 Å². The Morgan fingerprint density at radius 2 is 0.594 bits per heavy atom. The van der Waals surface area contributed by atoms with Crippen molar-refractivity contribution in [3.63, 3.8) is 0 Å². The van der Waals surface area contributed by atoms with Crippen LogP contribution in [0.5, 0.6) is 0 Å². The van der Waals surface area contributed by atoms with E-state index in [1.54, 1.807) is 11.8 Å². The lowest BCUT2D eigenvalue weighted by atomic mass is 9.76. The van der Waals surface area contributed by atoms with Crippen molar-refractivity contribution < 1.29 is 9.53 Å². The number of hydrogen-bond donors (Lipinski definition) is 1. The number of rotatable bonds is 16. The van der Waals surface area contributed by atoms with Crippen molar-refractivity contribution >= 4 is 17.7 Å². The van der Waals surface area contributed by atoms with E-state index in [1.165, 1.54) is 0 Å². The molecule has 0 saturated heterocycles. The van der Waals surface area contributed by atoms with E-state index < -0.39 is 21.9 Å². The van der Waals surface area contributed by atoms with E-state index in [1.807, 2.05) is 72.8 Å². The molecule has 1 atom stereocenters. The molecule has 0 heterocycles. The van der Waals surface area contributed by atoms with Crippen LogP contribution in [0.2, 0.25) is 0 Å². The van der Waals surface area contributed by atoms with Crippen molar-refractivity contribution in [3.8, 4) is 0 Å². The molecule has 0 saturated carbocycles. The van der Waals surface area contributed by atoms with E-state index in [2.05, 4.69) is 206 Å². The van der Waals surface area contributed by atoms with Crippen LogP contribution in [-0.2, 0) is 25.4 Å². The average Bonchev–Trinajstić information content (AvgIpc) is 3.39. The molecule has 0 fully saturated rings. The lowest BCUT2D eigenvalue weighted by Crippen LogP contribution is -2.55. The molecule has 4 heteroatoms. The molecule has 312 valence electrons. The second-order valence-electron chi connectivity index (χ2n) is 15.8. The van der Waals surface area contributed by atoms with E-state index in [0.29, 0.717) is 5.75 Å². The van der Waals surface area contributed by atoms with Crippen LogP contribution < -0.4 is 5.32 Å². The summed E-state index contributed by atoms with van der Waals surface area (Å²) in [6.07, 6.45) is 0. The van der Waals surface area contributed by atoms with Gasteiger partial charge in [0.2, 0.25) is 0 Å². The van der Waals surface area contributed by atoms with Gasteiger partial charge in [-0.3, -0.25) is 10.1 Å². The molecule has 1 N–H and O–H groups in total. The summed E-state index contributed by atoms with van der Waals surface area (Å²) in [7, 11) is 0. The van der Waals surface area contributed by atoms with Crippen LogP contribution in [0.3, 0.4) is 0 Å². The summed E-state index contributed by atoms with van der Waals surface area (Å²) in [6, 6.07) is 92.8. The van der Waals surface area contributed by atoms with E-state index in [0.717, 1.165) is 50.1 Å². The van der Waals surface area contributed by atoms with Gasteiger partial charge in [-0.2, -0.15) is 0 Å². The summed E-state index contributed by atoms with van der Waals surface area (Å²) < 4.78 is 6.67. The summed E-state index contributed by atoms with van der Waals surface area (Å²) in [5.41, 5.74) is 6.57. The van der Waals surface area contributed by atoms with Gasteiger partial charge in [-0.15, -0.1) is 11.8 Å². The number of benzene rings is 9. The number of nitrogens with one attached hydrogen (secondary N) is 1. The molecule has 0 aromatic heterocycles. The molecular formula is C60H49NO2S. The first-order chi connectivity index (χ1) is 31.6. The van der Waals surface area contributed by atoms with E-state index in [9.17, 15) is 0 Å². The molecule has 3 nitrogen and oxygen atoms in total. The number of hydrogen-bond acceptors (Lipinski definition) is 4. The maximum absolute atomic E-state index is 16.3. The third kappa shape index (κ3) is 8.22. The zero-order valence-electron chi connectivity index (χ0n) is 35.5. The van der Waals surface area contributed by atoms with Gasteiger partial charge in [-0.1, -0.05) is 273 Å². The molecule has 9 aromatic carbocycles. The summed E-state index contributed by atoms with van der Waals surface area (Å²) in [6.45, 7) is 0. The smallest absolute Gasteiger partial charge is 0.325 e. The Kier molecular flexibility index (Phi) is 12.8. The highest BCUT2D eigenvalue weighted by atomic mass is 32.2. The topological polar surface area (TPSA) is 38.3 Å². The van der Waals surface area contributed by atoms with E-state index >= 15 is 4.79 Å². The molecule has 9 rings (SSSR count). The van der Waals surface area contributed by atoms with Gasteiger partial charge in [-0.25, -0.2) is 0 Å². The predicted molar refractivity (Wildman–Crippen MR) is 263 cm³/mol. The van der Waals surface area contributed by atoms with Gasteiger partial charge < -0.3 is 4.74 Å². The second-order valence-corrected chi connectivity index (χ2v) is 17.1. The Morgan fingerprint density at radius 1 is 0.359 bits per heavy atom. The van der Waals surface area contributed by atoms with Gasteiger partial charge >= 0.3 is 5.97 Å². The SMILES string of the molecule is O=C(OC(c1ccccc1)(c1ccccc1)c1ccccc1)C(CSC(c1ccccc1)(c1ccccc1)c1ccccc1)NC(c1ccccc1)(c1ccccc1)c1ccccc1. The second kappa shape index (κ2) is 19.4. The summed E-state index contributed by atoms with van der Waals surface area (Å²) in [4.78, 5) is 16.3. The Labute approximate surface area is 381 Å². The Balaban J connectivity index is 1.28. The van der Waals surface area contributed by atoms with Crippen molar-refractivity contribution in [3.05, 3.63) is 323 Å². The number of carbonyl (C=O) groups is 1. The molecule has 0 amide bonds. The Hall–Kier alpha value is -7.24. The Morgan fingerprint density at radius 3 is 0.859 bits per heavy atom. The highest BCUT2D eigenvalue weighted by molar-refractivity contribution is 8.00. The normalized spacial score (nSPS) is 12.2. The lowest BCUT2D eigenvalue weighted by molar-refractivity contribution is -0.156. The number of thioether (sulfide) groups is 1. The van der Waals surface area contributed by atoms with Gasteiger partial charge in [0.15, 0.2) is 5.60 Å². The minimum atomic E-state index is -1.30. The van der Waals surface area contributed by atoms with Crippen molar-refractivity contribution in [2.24, 2.45) is 0 Å². The average molecular weight is 848 g/mol. The number of carbonyl (C=O) groups excluding carboxylic acids is 1. The molecule has 0 spiro atoms. The van der Waals surface area contributed by atoms with Crippen LogP contribution in [0, 0.1) is 0 Å². The van der Waals surface area contributed by atoms with Crippen LogP contribution in [0.15, 0.2) is 273 Å². The fraction of sp³-hybridized carbons (Fsp3) is 0.0833. The van der Waals surface area contributed by atoms with Crippen LogP contribution in [0.25, 0.3) is 0 Å². The first-order valence-electron chi connectivity index (χ1n) is 21.8. The predicted octanol–water partition coefficient (Wildman–Crippen LogP) is 13.2. The molecule has 0 bridgehead atoms. The van der Waals surface area contributed by atoms with Gasteiger partial charge in [0.25, 0.3) is 0 Å². The minimum Gasteiger partial charge on any atom is -0.443 e. The first kappa shape index (κ1) is 42.1. The zero-order chi connectivity index (χ0) is 43.5. The summed E-state index contributed by atoms with van der Waals surface area (Å²) >= 11 is 1.74. The largest absolute Gasteiger partial charge is 0.443 e.